The van der Waals surface area contributed by atoms with Crippen LogP contribution in [0.3, 0.4) is 0 Å². The van der Waals surface area contributed by atoms with E-state index in [9.17, 15) is 9.59 Å². The van der Waals surface area contributed by atoms with E-state index in [-0.39, 0.29) is 18.4 Å². The molecule has 0 aliphatic carbocycles. The van der Waals surface area contributed by atoms with Crippen LogP contribution < -0.4 is 10.2 Å². The first-order valence-electron chi connectivity index (χ1n) is 8.44. The van der Waals surface area contributed by atoms with Crippen molar-refractivity contribution in [3.63, 3.8) is 0 Å². The molecule has 0 saturated carbocycles. The Morgan fingerprint density at radius 3 is 2.85 bits per heavy atom. The van der Waals surface area contributed by atoms with Gasteiger partial charge in [-0.05, 0) is 24.3 Å². The van der Waals surface area contributed by atoms with Crippen LogP contribution >= 0.6 is 11.8 Å². The first-order chi connectivity index (χ1) is 13.2. The van der Waals surface area contributed by atoms with Gasteiger partial charge in [-0.1, -0.05) is 18.2 Å². The molecule has 2 amide bonds. The molecule has 0 bridgehead atoms. The van der Waals surface area contributed by atoms with Crippen molar-refractivity contribution >= 4 is 35.1 Å². The number of nitrogens with zero attached hydrogens (tertiary/aromatic N) is 4. The number of nitrogens with one attached hydrogen (secondary N) is 1. The van der Waals surface area contributed by atoms with Crippen LogP contribution in [0.2, 0.25) is 0 Å². The predicted octanol–water partition coefficient (Wildman–Crippen LogP) is 2.40. The van der Waals surface area contributed by atoms with Crippen LogP contribution in [-0.4, -0.2) is 38.9 Å². The lowest BCUT2D eigenvalue weighted by Gasteiger charge is -2.28. The highest BCUT2D eigenvalue weighted by atomic mass is 32.2. The van der Waals surface area contributed by atoms with Crippen LogP contribution in [0.15, 0.2) is 65.8 Å². The van der Waals surface area contributed by atoms with Crippen molar-refractivity contribution in [1.82, 2.24) is 14.8 Å². The summed E-state index contributed by atoms with van der Waals surface area (Å²) in [5.41, 5.74) is 1.65. The lowest BCUT2D eigenvalue weighted by Crippen LogP contribution is -2.41. The van der Waals surface area contributed by atoms with Gasteiger partial charge in [0.15, 0.2) is 5.82 Å². The molecule has 0 saturated heterocycles. The van der Waals surface area contributed by atoms with Crippen LogP contribution in [0, 0.1) is 0 Å². The molecular formula is C19H17N5O2S. The predicted molar refractivity (Wildman–Crippen MR) is 104 cm³/mol. The molecule has 0 unspecified atom stereocenters. The molecule has 3 heterocycles. The number of fused-ring (bicyclic) bond motifs is 1. The monoisotopic (exact) mass is 379 g/mol. The Balaban J connectivity index is 1.41. The Morgan fingerprint density at radius 2 is 2.00 bits per heavy atom. The second kappa shape index (κ2) is 7.63. The largest absolute Gasteiger partial charge is 0.308 e. The summed E-state index contributed by atoms with van der Waals surface area (Å²) >= 11 is 1.49. The summed E-state index contributed by atoms with van der Waals surface area (Å²) in [5.74, 6) is 0.425. The van der Waals surface area contributed by atoms with Gasteiger partial charge in [-0.3, -0.25) is 19.3 Å². The first-order valence-corrected chi connectivity index (χ1v) is 9.43. The van der Waals surface area contributed by atoms with E-state index in [4.69, 9.17) is 0 Å². The van der Waals surface area contributed by atoms with Gasteiger partial charge >= 0.3 is 0 Å². The minimum atomic E-state index is -0.284. The van der Waals surface area contributed by atoms with Gasteiger partial charge in [-0.25, -0.2) is 0 Å². The van der Waals surface area contributed by atoms with Crippen molar-refractivity contribution in [3.8, 4) is 0 Å². The van der Waals surface area contributed by atoms with Crippen molar-refractivity contribution < 1.29 is 9.59 Å². The third-order valence-electron chi connectivity index (χ3n) is 4.07. The molecular weight excluding hydrogens is 362 g/mol. The molecule has 0 radical (unpaired) electrons. The number of aromatic nitrogens is 3. The minimum Gasteiger partial charge on any atom is -0.308 e. The van der Waals surface area contributed by atoms with E-state index >= 15 is 0 Å². The van der Waals surface area contributed by atoms with Gasteiger partial charge < -0.3 is 10.2 Å². The first kappa shape index (κ1) is 17.3. The van der Waals surface area contributed by atoms with Crippen molar-refractivity contribution in [2.75, 3.05) is 22.5 Å². The molecule has 0 spiro atoms. The second-order valence-electron chi connectivity index (χ2n) is 6.00. The van der Waals surface area contributed by atoms with Gasteiger partial charge in [0.1, 0.15) is 6.54 Å². The van der Waals surface area contributed by atoms with E-state index in [2.05, 4.69) is 15.4 Å². The Hall–Kier alpha value is -3.13. The van der Waals surface area contributed by atoms with Gasteiger partial charge in [0.05, 0.1) is 23.7 Å². The molecule has 4 rings (SSSR count). The highest BCUT2D eigenvalue weighted by Gasteiger charge is 2.26. The quantitative estimate of drug-likeness (QED) is 0.736. The van der Waals surface area contributed by atoms with Crippen molar-refractivity contribution in [3.05, 3.63) is 66.6 Å². The number of hydrogen-bond donors (Lipinski definition) is 1. The summed E-state index contributed by atoms with van der Waals surface area (Å²) in [6.07, 6.45) is 3.51. The van der Waals surface area contributed by atoms with Crippen molar-refractivity contribution in [1.29, 1.82) is 0 Å². The molecule has 8 heteroatoms. The Kier molecular flexibility index (Phi) is 4.88. The van der Waals surface area contributed by atoms with Gasteiger partial charge in [-0.2, -0.15) is 5.10 Å². The van der Waals surface area contributed by atoms with E-state index < -0.39 is 0 Å². The lowest BCUT2D eigenvalue weighted by molar-refractivity contribution is -0.120. The number of para-hydroxylation sites is 1. The van der Waals surface area contributed by atoms with E-state index in [1.807, 2.05) is 42.5 Å². The van der Waals surface area contributed by atoms with Crippen molar-refractivity contribution in [2.45, 2.75) is 11.4 Å². The van der Waals surface area contributed by atoms with Crippen molar-refractivity contribution in [2.24, 2.45) is 0 Å². The standard InChI is InChI=1S/C19H17N5O2S/c25-18(12-24-15-6-1-2-7-16(15)27-13-19(24)26)21-17-8-10-23(22-17)11-14-5-3-4-9-20-14/h1-10H,11-13H2,(H,21,22,25). The third kappa shape index (κ3) is 4.01. The lowest BCUT2D eigenvalue weighted by atomic mass is 10.2. The van der Waals surface area contributed by atoms with E-state index in [1.165, 1.54) is 16.7 Å². The summed E-state index contributed by atoms with van der Waals surface area (Å²) in [6, 6.07) is 15.0. The fourth-order valence-electron chi connectivity index (χ4n) is 2.83. The van der Waals surface area contributed by atoms with E-state index in [1.54, 1.807) is 23.1 Å². The summed E-state index contributed by atoms with van der Waals surface area (Å²) < 4.78 is 1.70. The van der Waals surface area contributed by atoms with Crippen LogP contribution in [0.25, 0.3) is 0 Å². The zero-order valence-corrected chi connectivity index (χ0v) is 15.2. The SMILES string of the molecule is O=C(CN1C(=O)CSc2ccccc21)Nc1ccn(Cc2ccccn2)n1. The van der Waals surface area contributed by atoms with E-state index in [0.717, 1.165) is 16.3 Å². The molecule has 136 valence electrons. The molecule has 1 N–H and O–H groups in total. The molecule has 3 aromatic rings. The van der Waals surface area contributed by atoms with Crippen LogP contribution in [-0.2, 0) is 16.1 Å². The summed E-state index contributed by atoms with van der Waals surface area (Å²) in [5, 5.41) is 7.09. The molecule has 0 atom stereocenters. The van der Waals surface area contributed by atoms with Gasteiger partial charge in [0.2, 0.25) is 11.8 Å². The molecule has 1 aromatic carbocycles. The van der Waals surface area contributed by atoms with Crippen LogP contribution in [0.4, 0.5) is 11.5 Å². The number of benzene rings is 1. The topological polar surface area (TPSA) is 80.1 Å². The third-order valence-corrected chi connectivity index (χ3v) is 5.12. The zero-order valence-electron chi connectivity index (χ0n) is 14.4. The highest BCUT2D eigenvalue weighted by Crippen LogP contribution is 2.34. The fourth-order valence-corrected chi connectivity index (χ4v) is 3.76. The average Bonchev–Trinajstić information content (AvgIpc) is 3.11. The van der Waals surface area contributed by atoms with Crippen LogP contribution in [0.5, 0.6) is 0 Å². The number of anilines is 2. The Bertz CT molecular complexity index is 973. The second-order valence-corrected chi connectivity index (χ2v) is 7.02. The van der Waals surface area contributed by atoms with Gasteiger partial charge in [-0.15, -0.1) is 11.8 Å². The van der Waals surface area contributed by atoms with Crippen LogP contribution in [0.1, 0.15) is 5.69 Å². The number of pyridine rings is 1. The maximum Gasteiger partial charge on any atom is 0.245 e. The molecule has 1 aliphatic rings. The Labute approximate surface area is 160 Å². The number of amides is 2. The van der Waals surface area contributed by atoms with Gasteiger partial charge in [0, 0.05) is 23.4 Å². The highest BCUT2D eigenvalue weighted by molar-refractivity contribution is 8.00. The molecule has 0 fully saturated rings. The maximum atomic E-state index is 12.4. The number of carbonyl (C=O) groups is 2. The number of thioether (sulfide) groups is 1. The normalized spacial score (nSPS) is 13.3. The summed E-state index contributed by atoms with van der Waals surface area (Å²) in [6.45, 7) is 0.482. The average molecular weight is 379 g/mol. The fraction of sp³-hybridized carbons (Fsp3) is 0.158. The maximum absolute atomic E-state index is 12.4. The zero-order chi connectivity index (χ0) is 18.6. The molecule has 27 heavy (non-hydrogen) atoms. The number of carbonyl (C=O) groups excluding carboxylic acids is 2. The minimum absolute atomic E-state index is 0.0382. The molecule has 2 aromatic heterocycles. The smallest absolute Gasteiger partial charge is 0.245 e. The van der Waals surface area contributed by atoms with E-state index in [0.29, 0.717) is 18.1 Å². The molecule has 7 nitrogen and oxygen atoms in total. The van der Waals surface area contributed by atoms with Gasteiger partial charge in [0.25, 0.3) is 0 Å². The summed E-state index contributed by atoms with van der Waals surface area (Å²) in [7, 11) is 0. The number of hydrogen-bond acceptors (Lipinski definition) is 5. The Morgan fingerprint density at radius 1 is 1.15 bits per heavy atom. The summed E-state index contributed by atoms with van der Waals surface area (Å²) in [4.78, 5) is 31.5. The molecule has 1 aliphatic heterocycles. The number of rotatable bonds is 5.